The fourth-order valence-corrected chi connectivity index (χ4v) is 2.72. The third kappa shape index (κ3) is 6.07. The first-order chi connectivity index (χ1) is 11.8. The monoisotopic (exact) mass is 317 g/mol. The third-order valence-corrected chi connectivity index (χ3v) is 4.02. The smallest absolute Gasteiger partial charge is 0.0723 e. The molecule has 2 rings (SSSR count). The van der Waals surface area contributed by atoms with E-state index in [2.05, 4.69) is 72.7 Å². The van der Waals surface area contributed by atoms with Crippen molar-refractivity contribution in [3.63, 3.8) is 0 Å². The molecule has 0 bridgehead atoms. The Morgan fingerprint density at radius 1 is 1.04 bits per heavy atom. The van der Waals surface area contributed by atoms with Gasteiger partial charge in [0.1, 0.15) is 0 Å². The molecule has 0 N–H and O–H groups in total. The van der Waals surface area contributed by atoms with Crippen LogP contribution in [0.15, 0.2) is 73.3 Å². The highest BCUT2D eigenvalue weighted by Crippen LogP contribution is 2.13. The maximum atomic E-state index is 3.93. The Hall–Kier alpha value is -2.30. The van der Waals surface area contributed by atoms with Gasteiger partial charge in [-0.25, -0.2) is 0 Å². The van der Waals surface area contributed by atoms with Crippen LogP contribution in [0.25, 0.3) is 0 Å². The molecule has 0 aliphatic rings. The summed E-state index contributed by atoms with van der Waals surface area (Å²) in [7, 11) is 0. The van der Waals surface area contributed by atoms with Crippen LogP contribution in [0.1, 0.15) is 37.3 Å². The van der Waals surface area contributed by atoms with Crippen molar-refractivity contribution in [1.82, 2.24) is 4.90 Å². The second-order valence-electron chi connectivity index (χ2n) is 6.00. The second-order valence-corrected chi connectivity index (χ2v) is 6.00. The van der Waals surface area contributed by atoms with Gasteiger partial charge in [-0.3, -0.25) is 4.90 Å². The van der Waals surface area contributed by atoms with E-state index in [0.717, 1.165) is 25.1 Å². The van der Waals surface area contributed by atoms with Crippen molar-refractivity contribution in [3.8, 4) is 11.8 Å². The van der Waals surface area contributed by atoms with Gasteiger partial charge in [0, 0.05) is 18.7 Å². The Balaban J connectivity index is 2.18. The van der Waals surface area contributed by atoms with Crippen LogP contribution in [0.3, 0.4) is 0 Å². The molecule has 2 aromatic carbocycles. The zero-order valence-electron chi connectivity index (χ0n) is 14.6. The van der Waals surface area contributed by atoms with E-state index >= 15 is 0 Å². The number of nitrogens with zero attached hydrogens (tertiary/aromatic N) is 1. The highest BCUT2D eigenvalue weighted by Gasteiger charge is 2.15. The molecule has 2 aromatic rings. The topological polar surface area (TPSA) is 3.24 Å². The minimum absolute atomic E-state index is 0.253. The summed E-state index contributed by atoms with van der Waals surface area (Å²) in [6.45, 7) is 7.93. The summed E-state index contributed by atoms with van der Waals surface area (Å²) in [5, 5.41) is 0. The van der Waals surface area contributed by atoms with Crippen molar-refractivity contribution in [2.45, 2.75) is 38.8 Å². The summed E-state index contributed by atoms with van der Waals surface area (Å²) >= 11 is 0. The van der Waals surface area contributed by atoms with E-state index in [9.17, 15) is 0 Å². The molecule has 0 radical (unpaired) electrons. The number of hydrogen-bond donors (Lipinski definition) is 0. The van der Waals surface area contributed by atoms with Crippen LogP contribution in [-0.2, 0) is 6.54 Å². The molecule has 0 aromatic heterocycles. The molecule has 0 saturated carbocycles. The minimum Gasteiger partial charge on any atom is -0.282 e. The molecule has 0 amide bonds. The number of hydrogen-bond acceptors (Lipinski definition) is 1. The van der Waals surface area contributed by atoms with E-state index in [0.29, 0.717) is 0 Å². The zero-order valence-corrected chi connectivity index (χ0v) is 14.6. The molecule has 0 unspecified atom stereocenters. The SMILES string of the molecule is C=CCN(Cc1ccccc1)[C@H](C#Cc1ccccc1)CCCC. The minimum atomic E-state index is 0.253. The number of benzene rings is 2. The summed E-state index contributed by atoms with van der Waals surface area (Å²) in [6, 6.07) is 21.1. The van der Waals surface area contributed by atoms with Crippen molar-refractivity contribution in [3.05, 3.63) is 84.4 Å². The second kappa shape index (κ2) is 10.5. The van der Waals surface area contributed by atoms with Crippen LogP contribution in [0.2, 0.25) is 0 Å². The van der Waals surface area contributed by atoms with Crippen molar-refractivity contribution in [1.29, 1.82) is 0 Å². The molecule has 0 saturated heterocycles. The lowest BCUT2D eigenvalue weighted by molar-refractivity contribution is 0.239. The first-order valence-corrected chi connectivity index (χ1v) is 8.79. The zero-order chi connectivity index (χ0) is 17.0. The lowest BCUT2D eigenvalue weighted by Gasteiger charge is -2.27. The largest absolute Gasteiger partial charge is 0.282 e. The summed E-state index contributed by atoms with van der Waals surface area (Å²) in [4.78, 5) is 2.42. The van der Waals surface area contributed by atoms with E-state index in [4.69, 9.17) is 0 Å². The lowest BCUT2D eigenvalue weighted by Crippen LogP contribution is -2.34. The maximum Gasteiger partial charge on any atom is 0.0723 e. The van der Waals surface area contributed by atoms with Gasteiger partial charge >= 0.3 is 0 Å². The first-order valence-electron chi connectivity index (χ1n) is 8.79. The molecule has 24 heavy (non-hydrogen) atoms. The summed E-state index contributed by atoms with van der Waals surface area (Å²) in [5.41, 5.74) is 2.40. The summed E-state index contributed by atoms with van der Waals surface area (Å²) in [5.74, 6) is 6.86. The summed E-state index contributed by atoms with van der Waals surface area (Å²) < 4.78 is 0. The van der Waals surface area contributed by atoms with Crippen LogP contribution >= 0.6 is 0 Å². The molecule has 0 aliphatic heterocycles. The molecule has 0 aliphatic carbocycles. The Morgan fingerprint density at radius 2 is 1.71 bits per heavy atom. The van der Waals surface area contributed by atoms with Gasteiger partial charge in [0.05, 0.1) is 6.04 Å². The molecule has 0 fully saturated rings. The Morgan fingerprint density at radius 3 is 2.33 bits per heavy atom. The van der Waals surface area contributed by atoms with Gasteiger partial charge in [0.2, 0.25) is 0 Å². The number of rotatable bonds is 8. The van der Waals surface area contributed by atoms with Gasteiger partial charge in [0.15, 0.2) is 0 Å². The fraction of sp³-hybridized carbons (Fsp3) is 0.304. The van der Waals surface area contributed by atoms with Gasteiger partial charge in [-0.1, -0.05) is 86.2 Å². The average molecular weight is 317 g/mol. The quantitative estimate of drug-likeness (QED) is 0.472. The molecular weight excluding hydrogens is 290 g/mol. The van der Waals surface area contributed by atoms with Gasteiger partial charge in [-0.05, 0) is 24.1 Å². The average Bonchev–Trinajstić information content (AvgIpc) is 2.63. The molecule has 0 heterocycles. The van der Waals surface area contributed by atoms with Gasteiger partial charge in [-0.2, -0.15) is 0 Å². The van der Waals surface area contributed by atoms with E-state index in [1.807, 2.05) is 24.3 Å². The van der Waals surface area contributed by atoms with Crippen molar-refractivity contribution >= 4 is 0 Å². The van der Waals surface area contributed by atoms with Crippen LogP contribution in [0.5, 0.6) is 0 Å². The highest BCUT2D eigenvalue weighted by molar-refractivity contribution is 5.35. The molecule has 1 nitrogen and oxygen atoms in total. The van der Waals surface area contributed by atoms with Crippen LogP contribution < -0.4 is 0 Å². The Labute approximate surface area is 147 Å². The van der Waals surface area contributed by atoms with E-state index < -0.39 is 0 Å². The van der Waals surface area contributed by atoms with Crippen molar-refractivity contribution < 1.29 is 0 Å². The standard InChI is InChI=1S/C23H27N/c1-3-5-16-23(18-17-21-12-8-6-9-13-21)24(19-4-2)20-22-14-10-7-11-15-22/h4,6-15,23H,2-3,5,16,19-20H2,1H3/t23-/m0/s1. The molecule has 124 valence electrons. The van der Waals surface area contributed by atoms with E-state index in [1.165, 1.54) is 18.4 Å². The van der Waals surface area contributed by atoms with E-state index in [-0.39, 0.29) is 6.04 Å². The fourth-order valence-electron chi connectivity index (χ4n) is 2.72. The van der Waals surface area contributed by atoms with E-state index in [1.54, 1.807) is 0 Å². The van der Waals surface area contributed by atoms with Crippen molar-refractivity contribution in [2.24, 2.45) is 0 Å². The van der Waals surface area contributed by atoms with Gasteiger partial charge < -0.3 is 0 Å². The third-order valence-electron chi connectivity index (χ3n) is 4.02. The first kappa shape index (κ1) is 18.0. The molecular formula is C23H27N. The van der Waals surface area contributed by atoms with Gasteiger partial charge in [0.25, 0.3) is 0 Å². The highest BCUT2D eigenvalue weighted by atomic mass is 15.1. The lowest BCUT2D eigenvalue weighted by atomic mass is 10.1. The Kier molecular flexibility index (Phi) is 7.87. The normalized spacial score (nSPS) is 11.6. The predicted molar refractivity (Wildman–Crippen MR) is 104 cm³/mol. The van der Waals surface area contributed by atoms with Crippen LogP contribution in [0, 0.1) is 11.8 Å². The van der Waals surface area contributed by atoms with Crippen LogP contribution in [-0.4, -0.2) is 17.5 Å². The molecule has 0 spiro atoms. The van der Waals surface area contributed by atoms with Crippen molar-refractivity contribution in [2.75, 3.05) is 6.54 Å². The predicted octanol–water partition coefficient (Wildman–Crippen LogP) is 5.29. The summed E-state index contributed by atoms with van der Waals surface area (Å²) in [6.07, 6.45) is 5.45. The molecule has 1 heteroatoms. The van der Waals surface area contributed by atoms with Crippen LogP contribution in [0.4, 0.5) is 0 Å². The maximum absolute atomic E-state index is 3.93. The molecule has 1 atom stereocenters. The van der Waals surface area contributed by atoms with Gasteiger partial charge in [-0.15, -0.1) is 6.58 Å². The Bertz CT molecular complexity index is 649. The number of unbranched alkanes of at least 4 members (excludes halogenated alkanes) is 1.